The maximum Gasteiger partial charge on any atom is 0.352 e. The maximum atomic E-state index is 12.5. The van der Waals surface area contributed by atoms with Gasteiger partial charge in [0.05, 0.1) is 0 Å². The molecule has 0 saturated carbocycles. The van der Waals surface area contributed by atoms with Gasteiger partial charge in [0.2, 0.25) is 5.91 Å². The van der Waals surface area contributed by atoms with Crippen LogP contribution in [0.25, 0.3) is 5.78 Å². The standard InChI is InChI=1S/C21H20N6O2/c1-2-15-8-6-7-11-17(15)23-19(28)14-27-21(29)26-13-12-18(24-20(26)25-27)22-16-9-4-3-5-10-16/h3-13H,2,14H2,1H3,(H,23,28)(H,22,24,25). The van der Waals surface area contributed by atoms with Crippen LogP contribution in [0.5, 0.6) is 0 Å². The van der Waals surface area contributed by atoms with Crippen LogP contribution in [0.4, 0.5) is 17.2 Å². The third-order valence-corrected chi connectivity index (χ3v) is 4.47. The van der Waals surface area contributed by atoms with Crippen molar-refractivity contribution in [3.63, 3.8) is 0 Å². The van der Waals surface area contributed by atoms with Gasteiger partial charge in [-0.3, -0.25) is 4.79 Å². The summed E-state index contributed by atoms with van der Waals surface area (Å²) in [6.45, 7) is 1.83. The van der Waals surface area contributed by atoms with Crippen LogP contribution in [0.15, 0.2) is 71.7 Å². The number of carbonyl (C=O) groups is 1. The number of para-hydroxylation sites is 2. The number of nitrogens with zero attached hydrogens (tertiary/aromatic N) is 4. The molecular weight excluding hydrogens is 368 g/mol. The number of nitrogens with one attached hydrogen (secondary N) is 2. The summed E-state index contributed by atoms with van der Waals surface area (Å²) in [7, 11) is 0. The van der Waals surface area contributed by atoms with E-state index in [1.807, 2.05) is 61.5 Å². The largest absolute Gasteiger partial charge is 0.352 e. The van der Waals surface area contributed by atoms with Gasteiger partial charge in [0.25, 0.3) is 5.78 Å². The molecule has 0 spiro atoms. The summed E-state index contributed by atoms with van der Waals surface area (Å²) in [6.07, 6.45) is 2.38. The second-order valence-corrected chi connectivity index (χ2v) is 6.47. The van der Waals surface area contributed by atoms with E-state index < -0.39 is 5.69 Å². The van der Waals surface area contributed by atoms with Gasteiger partial charge in [0, 0.05) is 17.6 Å². The van der Waals surface area contributed by atoms with Gasteiger partial charge in [-0.2, -0.15) is 4.98 Å². The monoisotopic (exact) mass is 388 g/mol. The highest BCUT2D eigenvalue weighted by Crippen LogP contribution is 2.16. The average molecular weight is 388 g/mol. The van der Waals surface area contributed by atoms with E-state index in [2.05, 4.69) is 20.7 Å². The molecule has 2 aromatic heterocycles. The van der Waals surface area contributed by atoms with Crippen molar-refractivity contribution in [2.24, 2.45) is 0 Å². The van der Waals surface area contributed by atoms with E-state index in [-0.39, 0.29) is 18.2 Å². The fourth-order valence-corrected chi connectivity index (χ4v) is 3.02. The van der Waals surface area contributed by atoms with Crippen LogP contribution in [0.1, 0.15) is 12.5 Å². The minimum absolute atomic E-state index is 0.193. The van der Waals surface area contributed by atoms with E-state index in [0.717, 1.165) is 28.0 Å². The molecule has 0 atom stereocenters. The zero-order chi connectivity index (χ0) is 20.2. The zero-order valence-corrected chi connectivity index (χ0v) is 15.9. The lowest BCUT2D eigenvalue weighted by Gasteiger charge is -2.09. The summed E-state index contributed by atoms with van der Waals surface area (Å²) < 4.78 is 2.42. The molecule has 0 aliphatic carbocycles. The molecule has 4 aromatic rings. The molecule has 146 valence electrons. The quantitative estimate of drug-likeness (QED) is 0.530. The molecular formula is C21H20N6O2. The van der Waals surface area contributed by atoms with Gasteiger partial charge < -0.3 is 10.6 Å². The van der Waals surface area contributed by atoms with E-state index >= 15 is 0 Å². The first-order chi connectivity index (χ1) is 14.1. The van der Waals surface area contributed by atoms with Crippen molar-refractivity contribution in [1.82, 2.24) is 19.2 Å². The highest BCUT2D eigenvalue weighted by molar-refractivity contribution is 5.91. The minimum atomic E-state index is -0.419. The van der Waals surface area contributed by atoms with E-state index in [0.29, 0.717) is 5.82 Å². The molecule has 0 bridgehead atoms. The number of hydrogen-bond acceptors (Lipinski definition) is 5. The minimum Gasteiger partial charge on any atom is -0.340 e. The van der Waals surface area contributed by atoms with Crippen LogP contribution < -0.4 is 16.3 Å². The van der Waals surface area contributed by atoms with Crippen molar-refractivity contribution >= 4 is 28.9 Å². The van der Waals surface area contributed by atoms with Crippen LogP contribution in [0.2, 0.25) is 0 Å². The van der Waals surface area contributed by atoms with Gasteiger partial charge in [0.1, 0.15) is 12.4 Å². The van der Waals surface area contributed by atoms with Gasteiger partial charge in [0.15, 0.2) is 0 Å². The van der Waals surface area contributed by atoms with Crippen LogP contribution in [-0.4, -0.2) is 25.1 Å². The molecule has 0 saturated heterocycles. The van der Waals surface area contributed by atoms with Crippen LogP contribution in [0, 0.1) is 0 Å². The van der Waals surface area contributed by atoms with E-state index in [9.17, 15) is 9.59 Å². The van der Waals surface area contributed by atoms with E-state index in [4.69, 9.17) is 0 Å². The van der Waals surface area contributed by atoms with Crippen molar-refractivity contribution in [2.75, 3.05) is 10.6 Å². The number of amides is 1. The molecule has 0 fully saturated rings. The topological polar surface area (TPSA) is 93.3 Å². The Morgan fingerprint density at radius 1 is 1.03 bits per heavy atom. The summed E-state index contributed by atoms with van der Waals surface area (Å²) in [5, 5.41) is 10.2. The second-order valence-electron chi connectivity index (χ2n) is 6.47. The Labute approximate surface area is 166 Å². The molecule has 8 nitrogen and oxygen atoms in total. The first kappa shape index (κ1) is 18.4. The number of rotatable bonds is 6. The highest BCUT2D eigenvalue weighted by atomic mass is 16.2. The Kier molecular flexibility index (Phi) is 5.07. The number of fused-ring (bicyclic) bond motifs is 1. The SMILES string of the molecule is CCc1ccccc1NC(=O)Cn1nc2nc(Nc3ccccc3)ccn2c1=O. The van der Waals surface area contributed by atoms with Crippen LogP contribution >= 0.6 is 0 Å². The summed E-state index contributed by atoms with van der Waals surface area (Å²) in [5.41, 5.74) is 2.23. The van der Waals surface area contributed by atoms with Crippen molar-refractivity contribution in [3.05, 3.63) is 82.9 Å². The van der Waals surface area contributed by atoms with E-state index in [1.54, 1.807) is 12.3 Å². The average Bonchev–Trinajstić information content (AvgIpc) is 3.03. The summed E-state index contributed by atoms with van der Waals surface area (Å²) >= 11 is 0. The number of aromatic nitrogens is 4. The molecule has 8 heteroatoms. The number of carbonyl (C=O) groups excluding carboxylic acids is 1. The lowest BCUT2D eigenvalue weighted by molar-refractivity contribution is -0.117. The molecule has 2 N–H and O–H groups in total. The van der Waals surface area contributed by atoms with Gasteiger partial charge in [-0.05, 0) is 36.2 Å². The van der Waals surface area contributed by atoms with Crippen molar-refractivity contribution in [2.45, 2.75) is 19.9 Å². The maximum absolute atomic E-state index is 12.5. The van der Waals surface area contributed by atoms with Crippen LogP contribution in [-0.2, 0) is 17.8 Å². The Bertz CT molecular complexity index is 1210. The zero-order valence-electron chi connectivity index (χ0n) is 15.9. The molecule has 29 heavy (non-hydrogen) atoms. The van der Waals surface area contributed by atoms with Crippen molar-refractivity contribution in [1.29, 1.82) is 0 Å². The smallest absolute Gasteiger partial charge is 0.340 e. The molecule has 2 heterocycles. The third-order valence-electron chi connectivity index (χ3n) is 4.47. The molecule has 0 radical (unpaired) electrons. The second kappa shape index (κ2) is 7.97. The summed E-state index contributed by atoms with van der Waals surface area (Å²) in [6, 6.07) is 18.8. The number of hydrogen-bond donors (Lipinski definition) is 2. The number of benzene rings is 2. The van der Waals surface area contributed by atoms with Crippen molar-refractivity contribution in [3.8, 4) is 0 Å². The summed E-state index contributed by atoms with van der Waals surface area (Å²) in [4.78, 5) is 29.3. The molecule has 2 aromatic carbocycles. The molecule has 4 rings (SSSR count). The van der Waals surface area contributed by atoms with Gasteiger partial charge in [-0.1, -0.05) is 43.3 Å². The highest BCUT2D eigenvalue weighted by Gasteiger charge is 2.13. The lowest BCUT2D eigenvalue weighted by Crippen LogP contribution is -2.28. The summed E-state index contributed by atoms with van der Waals surface area (Å²) in [5.74, 6) is 0.457. The Morgan fingerprint density at radius 2 is 1.79 bits per heavy atom. The normalized spacial score (nSPS) is 10.8. The first-order valence-electron chi connectivity index (χ1n) is 9.30. The Morgan fingerprint density at radius 3 is 2.59 bits per heavy atom. The number of anilines is 3. The molecule has 0 aliphatic heterocycles. The fourth-order valence-electron chi connectivity index (χ4n) is 3.02. The van der Waals surface area contributed by atoms with E-state index in [1.165, 1.54) is 4.40 Å². The Hall–Kier alpha value is -3.94. The fraction of sp³-hybridized carbons (Fsp3) is 0.143. The lowest BCUT2D eigenvalue weighted by atomic mass is 10.1. The predicted molar refractivity (Wildman–Crippen MR) is 111 cm³/mol. The van der Waals surface area contributed by atoms with Crippen molar-refractivity contribution < 1.29 is 4.79 Å². The van der Waals surface area contributed by atoms with Gasteiger partial charge in [-0.15, -0.1) is 5.10 Å². The molecule has 1 amide bonds. The molecule has 0 unspecified atom stereocenters. The first-order valence-corrected chi connectivity index (χ1v) is 9.30. The number of aryl methyl sites for hydroxylation is 1. The van der Waals surface area contributed by atoms with Gasteiger partial charge >= 0.3 is 5.69 Å². The van der Waals surface area contributed by atoms with Gasteiger partial charge in [-0.25, -0.2) is 13.9 Å². The predicted octanol–water partition coefficient (Wildman–Crippen LogP) is 2.84. The van der Waals surface area contributed by atoms with Crippen LogP contribution in [0.3, 0.4) is 0 Å². The molecule has 0 aliphatic rings. The Balaban J connectivity index is 1.54. The third kappa shape index (κ3) is 4.01.